The fourth-order valence-electron chi connectivity index (χ4n) is 4.42. The van der Waals surface area contributed by atoms with Gasteiger partial charge in [0.15, 0.2) is 15.8 Å². The third kappa shape index (κ3) is 4.78. The normalized spacial score (nSPS) is 15.4. The Morgan fingerprint density at radius 3 is 2.74 bits per heavy atom. The standard InChI is InChI=1S/C27H20N4O5S3/c1-15-18(12-23-26(34)31(27(37)39-23)29-25(33)22-7-4-10-38-22)17-5-2-3-6-19(17)30(15)13-24(32)28-16-8-9-20-21(11-16)36-14-35-20/h2-12H,13-14H2,1H3,(H,28,32)(H,29,33)/b23-12-. The Morgan fingerprint density at radius 2 is 1.92 bits per heavy atom. The number of fused-ring (bicyclic) bond motifs is 2. The molecule has 4 heterocycles. The lowest BCUT2D eigenvalue weighted by molar-refractivity contribution is -0.123. The van der Waals surface area contributed by atoms with Crippen molar-refractivity contribution in [3.63, 3.8) is 0 Å². The number of thiophene rings is 1. The molecule has 2 N–H and O–H groups in total. The monoisotopic (exact) mass is 576 g/mol. The number of amides is 3. The van der Waals surface area contributed by atoms with E-state index in [1.165, 1.54) is 11.3 Å². The summed E-state index contributed by atoms with van der Waals surface area (Å²) in [5, 5.41) is 6.68. The second kappa shape index (κ2) is 10.2. The highest BCUT2D eigenvalue weighted by molar-refractivity contribution is 8.26. The van der Waals surface area contributed by atoms with E-state index in [2.05, 4.69) is 10.7 Å². The van der Waals surface area contributed by atoms with Gasteiger partial charge in [-0.25, -0.2) is 0 Å². The van der Waals surface area contributed by atoms with Gasteiger partial charge in [0.2, 0.25) is 12.7 Å². The molecule has 0 saturated carbocycles. The number of thioether (sulfide) groups is 1. The predicted octanol–water partition coefficient (Wildman–Crippen LogP) is 4.92. The Balaban J connectivity index is 1.26. The topological polar surface area (TPSA) is 102 Å². The summed E-state index contributed by atoms with van der Waals surface area (Å²) in [4.78, 5) is 39.6. The number of anilines is 1. The molecule has 0 atom stereocenters. The highest BCUT2D eigenvalue weighted by Gasteiger charge is 2.34. The zero-order valence-electron chi connectivity index (χ0n) is 20.4. The van der Waals surface area contributed by atoms with Gasteiger partial charge in [0.25, 0.3) is 11.8 Å². The van der Waals surface area contributed by atoms with E-state index in [9.17, 15) is 14.4 Å². The number of carbonyl (C=O) groups excluding carboxylic acids is 3. The van der Waals surface area contributed by atoms with Gasteiger partial charge >= 0.3 is 0 Å². The number of nitrogens with one attached hydrogen (secondary N) is 2. The Morgan fingerprint density at radius 1 is 1.10 bits per heavy atom. The van der Waals surface area contributed by atoms with E-state index in [0.717, 1.165) is 38.9 Å². The number of rotatable bonds is 6. The molecule has 0 unspecified atom stereocenters. The summed E-state index contributed by atoms with van der Waals surface area (Å²) in [6.45, 7) is 2.12. The summed E-state index contributed by atoms with van der Waals surface area (Å²) < 4.78 is 12.9. The lowest BCUT2D eigenvalue weighted by atomic mass is 10.1. The van der Waals surface area contributed by atoms with Gasteiger partial charge in [0, 0.05) is 33.9 Å². The highest BCUT2D eigenvalue weighted by Crippen LogP contribution is 2.36. The maximum absolute atomic E-state index is 13.2. The fourth-order valence-corrected chi connectivity index (χ4v) is 6.20. The van der Waals surface area contributed by atoms with Gasteiger partial charge in [0.1, 0.15) is 6.54 Å². The summed E-state index contributed by atoms with van der Waals surface area (Å²) in [6.07, 6.45) is 1.76. The van der Waals surface area contributed by atoms with E-state index in [1.807, 2.05) is 35.8 Å². The number of benzene rings is 2. The summed E-state index contributed by atoms with van der Waals surface area (Å²) in [6, 6.07) is 16.4. The van der Waals surface area contributed by atoms with Crippen LogP contribution >= 0.6 is 35.3 Å². The van der Waals surface area contributed by atoms with Crippen molar-refractivity contribution in [2.24, 2.45) is 0 Å². The van der Waals surface area contributed by atoms with Gasteiger partial charge in [-0.3, -0.25) is 19.8 Å². The first-order valence-electron chi connectivity index (χ1n) is 11.8. The number of hydrazine groups is 1. The van der Waals surface area contributed by atoms with Crippen LogP contribution in [0.2, 0.25) is 0 Å². The molecule has 0 bridgehead atoms. The van der Waals surface area contributed by atoms with Crippen LogP contribution in [-0.4, -0.2) is 38.4 Å². The maximum atomic E-state index is 13.2. The molecule has 0 spiro atoms. The highest BCUT2D eigenvalue weighted by atomic mass is 32.2. The Kier molecular flexibility index (Phi) is 6.59. The van der Waals surface area contributed by atoms with Gasteiger partial charge in [0.05, 0.1) is 9.78 Å². The first-order valence-corrected chi connectivity index (χ1v) is 13.9. The number of aromatic nitrogens is 1. The smallest absolute Gasteiger partial charge is 0.285 e. The van der Waals surface area contributed by atoms with Gasteiger partial charge < -0.3 is 19.4 Å². The lowest BCUT2D eigenvalue weighted by Crippen LogP contribution is -2.44. The third-order valence-electron chi connectivity index (χ3n) is 6.27. The Bertz CT molecular complexity index is 1690. The zero-order valence-corrected chi connectivity index (χ0v) is 22.9. The van der Waals surface area contributed by atoms with E-state index in [0.29, 0.717) is 27.0 Å². The maximum Gasteiger partial charge on any atom is 0.285 e. The van der Waals surface area contributed by atoms with Crippen LogP contribution in [0.1, 0.15) is 20.9 Å². The summed E-state index contributed by atoms with van der Waals surface area (Å²) in [7, 11) is 0. The molecule has 6 rings (SSSR count). The predicted molar refractivity (Wildman–Crippen MR) is 155 cm³/mol. The molecule has 196 valence electrons. The van der Waals surface area contributed by atoms with Crippen LogP contribution in [0.5, 0.6) is 11.5 Å². The molecule has 2 aliphatic rings. The molecule has 2 aromatic carbocycles. The number of hydrogen-bond donors (Lipinski definition) is 2. The molecule has 12 heteroatoms. The molecule has 2 aliphatic heterocycles. The van der Waals surface area contributed by atoms with E-state index in [1.54, 1.807) is 41.8 Å². The van der Waals surface area contributed by atoms with E-state index in [4.69, 9.17) is 21.7 Å². The van der Waals surface area contributed by atoms with Crippen LogP contribution < -0.4 is 20.2 Å². The molecule has 2 aromatic heterocycles. The minimum Gasteiger partial charge on any atom is -0.454 e. The average Bonchev–Trinajstić information content (AvgIpc) is 3.71. The molecule has 0 aliphatic carbocycles. The Hall–Kier alpha value is -4.13. The number of thiocarbonyl (C=S) groups is 1. The molecular weight excluding hydrogens is 557 g/mol. The summed E-state index contributed by atoms with van der Waals surface area (Å²) >= 11 is 7.77. The second-order valence-electron chi connectivity index (χ2n) is 8.65. The van der Waals surface area contributed by atoms with Gasteiger partial charge in [-0.1, -0.05) is 36.0 Å². The molecule has 39 heavy (non-hydrogen) atoms. The molecule has 0 radical (unpaired) electrons. The van der Waals surface area contributed by atoms with Gasteiger partial charge in [-0.05, 0) is 54.9 Å². The second-order valence-corrected chi connectivity index (χ2v) is 11.3. The van der Waals surface area contributed by atoms with Gasteiger partial charge in [-0.2, -0.15) is 5.01 Å². The number of hydrogen-bond acceptors (Lipinski definition) is 8. The fraction of sp³-hybridized carbons (Fsp3) is 0.111. The lowest BCUT2D eigenvalue weighted by Gasteiger charge is -2.14. The number of carbonyl (C=O) groups is 3. The quantitative estimate of drug-likeness (QED) is 0.248. The minimum absolute atomic E-state index is 0.0620. The summed E-state index contributed by atoms with van der Waals surface area (Å²) in [5.41, 5.74) is 5.66. The van der Waals surface area contributed by atoms with Crippen molar-refractivity contribution in [1.82, 2.24) is 15.0 Å². The van der Waals surface area contributed by atoms with Crippen LogP contribution in [0.15, 0.2) is 64.9 Å². The Labute approximate surface area is 236 Å². The van der Waals surface area contributed by atoms with Crippen molar-refractivity contribution in [3.05, 3.63) is 81.0 Å². The molecular formula is C27H20N4O5S3. The van der Waals surface area contributed by atoms with E-state index >= 15 is 0 Å². The van der Waals surface area contributed by atoms with Crippen LogP contribution in [0.25, 0.3) is 17.0 Å². The van der Waals surface area contributed by atoms with Gasteiger partial charge in [-0.15, -0.1) is 11.3 Å². The number of ether oxygens (including phenoxy) is 2. The molecule has 1 saturated heterocycles. The molecule has 1 fully saturated rings. The van der Waals surface area contributed by atoms with E-state index in [-0.39, 0.29) is 23.6 Å². The van der Waals surface area contributed by atoms with Crippen molar-refractivity contribution >= 4 is 80.0 Å². The van der Waals surface area contributed by atoms with Crippen molar-refractivity contribution in [3.8, 4) is 11.5 Å². The average molecular weight is 577 g/mol. The first kappa shape index (κ1) is 25.2. The summed E-state index contributed by atoms with van der Waals surface area (Å²) in [5.74, 6) is 0.199. The van der Waals surface area contributed by atoms with Crippen molar-refractivity contribution in [2.75, 3.05) is 12.1 Å². The van der Waals surface area contributed by atoms with E-state index < -0.39 is 11.8 Å². The van der Waals surface area contributed by atoms with Crippen molar-refractivity contribution in [2.45, 2.75) is 13.5 Å². The van der Waals surface area contributed by atoms with Crippen LogP contribution in [0, 0.1) is 6.92 Å². The number of nitrogens with zero attached hydrogens (tertiary/aromatic N) is 2. The van der Waals surface area contributed by atoms with Crippen LogP contribution in [0.3, 0.4) is 0 Å². The number of para-hydroxylation sites is 1. The van der Waals surface area contributed by atoms with Crippen molar-refractivity contribution < 1.29 is 23.9 Å². The zero-order chi connectivity index (χ0) is 27.1. The van der Waals surface area contributed by atoms with Crippen LogP contribution in [-0.2, 0) is 16.1 Å². The largest absolute Gasteiger partial charge is 0.454 e. The third-order valence-corrected chi connectivity index (χ3v) is 8.44. The molecule has 3 amide bonds. The SMILES string of the molecule is Cc1c(/C=C2\SC(=S)N(NC(=O)c3cccs3)C2=O)c2ccccc2n1CC(=O)Nc1ccc2c(c1)OCO2. The molecule has 9 nitrogen and oxygen atoms in total. The van der Waals surface area contributed by atoms with Crippen molar-refractivity contribution in [1.29, 1.82) is 0 Å². The van der Waals surface area contributed by atoms with Crippen LogP contribution in [0.4, 0.5) is 5.69 Å². The first-order chi connectivity index (χ1) is 18.9. The minimum atomic E-state index is -0.410. The molecule has 4 aromatic rings.